The van der Waals surface area contributed by atoms with Gasteiger partial charge in [0.25, 0.3) is 5.91 Å². The number of fused-ring (bicyclic) bond motifs is 2. The summed E-state index contributed by atoms with van der Waals surface area (Å²) in [4.78, 5) is 19.3. The summed E-state index contributed by atoms with van der Waals surface area (Å²) in [5.74, 6) is 1.38. The van der Waals surface area contributed by atoms with Gasteiger partial charge in [-0.1, -0.05) is 12.1 Å². The number of carbonyl (C=O) groups is 1. The van der Waals surface area contributed by atoms with Crippen LogP contribution in [-0.4, -0.2) is 51.4 Å². The van der Waals surface area contributed by atoms with Crippen molar-refractivity contribution < 1.29 is 14.3 Å². The Kier molecular flexibility index (Phi) is 4.90. The Labute approximate surface area is 163 Å². The average molecular weight is 380 g/mol. The lowest BCUT2D eigenvalue weighted by Gasteiger charge is -2.30. The Hall–Kier alpha value is -3.09. The number of hydrogen-bond acceptors (Lipinski definition) is 5. The first-order valence-electron chi connectivity index (χ1n) is 9.57. The maximum absolute atomic E-state index is 13.0. The molecular formula is C21H24N4O3. The van der Waals surface area contributed by atoms with Gasteiger partial charge in [0.1, 0.15) is 6.61 Å². The summed E-state index contributed by atoms with van der Waals surface area (Å²) in [6.07, 6.45) is 3.17. The maximum Gasteiger partial charge on any atom is 0.255 e. The molecule has 0 fully saturated rings. The normalized spacial score (nSPS) is 15.8. The molecule has 146 valence electrons. The van der Waals surface area contributed by atoms with E-state index in [1.165, 1.54) is 0 Å². The number of likely N-dealkylation sites (N-methyl/N-ethyl adjacent to an activating group) is 1. The molecule has 2 aromatic heterocycles. The number of nitrogens with zero attached hydrogens (tertiary/aromatic N) is 4. The fourth-order valence-electron chi connectivity index (χ4n) is 3.37. The Morgan fingerprint density at radius 3 is 2.82 bits per heavy atom. The lowest BCUT2D eigenvalue weighted by atomic mass is 10.2. The van der Waals surface area contributed by atoms with Crippen molar-refractivity contribution in [3.8, 4) is 11.5 Å². The quantitative estimate of drug-likeness (QED) is 0.679. The van der Waals surface area contributed by atoms with Gasteiger partial charge in [0, 0.05) is 24.2 Å². The Bertz CT molecular complexity index is 998. The van der Waals surface area contributed by atoms with Crippen molar-refractivity contribution in [1.29, 1.82) is 0 Å². The summed E-state index contributed by atoms with van der Waals surface area (Å²) in [5, 5.41) is 5.23. The minimum atomic E-state index is -0.209. The third-order valence-electron chi connectivity index (χ3n) is 4.83. The van der Waals surface area contributed by atoms with Crippen LogP contribution >= 0.6 is 0 Å². The van der Waals surface area contributed by atoms with Crippen LogP contribution in [0.3, 0.4) is 0 Å². The summed E-state index contributed by atoms with van der Waals surface area (Å²) < 4.78 is 13.6. The standard InChI is InChI=1S/C21H24N4O3/c1-4-24(12-17-13-27-18-7-5-6-8-19(18)28-17)21(26)16-9-15-11-23-25(14(2)3)20(15)22-10-16/h5-11,14,17H,4,12-13H2,1-3H3. The maximum atomic E-state index is 13.0. The number of ether oxygens (including phenoxy) is 2. The van der Waals surface area contributed by atoms with Crippen molar-refractivity contribution in [2.24, 2.45) is 0 Å². The summed E-state index contributed by atoms with van der Waals surface area (Å²) in [7, 11) is 0. The number of pyridine rings is 1. The van der Waals surface area contributed by atoms with E-state index in [2.05, 4.69) is 23.9 Å². The fraction of sp³-hybridized carbons (Fsp3) is 0.381. The van der Waals surface area contributed by atoms with E-state index in [0.717, 1.165) is 16.8 Å². The highest BCUT2D eigenvalue weighted by atomic mass is 16.6. The summed E-state index contributed by atoms with van der Waals surface area (Å²) in [6.45, 7) is 7.50. The molecule has 1 aliphatic heterocycles. The van der Waals surface area contributed by atoms with Gasteiger partial charge in [-0.2, -0.15) is 5.10 Å². The molecule has 0 radical (unpaired) electrons. The molecular weight excluding hydrogens is 356 g/mol. The zero-order valence-electron chi connectivity index (χ0n) is 16.3. The second-order valence-electron chi connectivity index (χ2n) is 7.16. The van der Waals surface area contributed by atoms with E-state index in [1.807, 2.05) is 41.9 Å². The molecule has 0 aliphatic carbocycles. The third kappa shape index (κ3) is 3.40. The van der Waals surface area contributed by atoms with Crippen molar-refractivity contribution in [2.45, 2.75) is 32.9 Å². The summed E-state index contributed by atoms with van der Waals surface area (Å²) >= 11 is 0. The summed E-state index contributed by atoms with van der Waals surface area (Å²) in [6, 6.07) is 9.65. The van der Waals surface area contributed by atoms with E-state index in [0.29, 0.717) is 31.0 Å². The van der Waals surface area contributed by atoms with Gasteiger partial charge < -0.3 is 14.4 Å². The molecule has 1 aromatic carbocycles. The average Bonchev–Trinajstić information content (AvgIpc) is 3.15. The molecule has 0 bridgehead atoms. The highest BCUT2D eigenvalue weighted by Gasteiger charge is 2.25. The van der Waals surface area contributed by atoms with E-state index in [1.54, 1.807) is 17.3 Å². The zero-order valence-corrected chi connectivity index (χ0v) is 16.3. The minimum absolute atomic E-state index is 0.0725. The summed E-state index contributed by atoms with van der Waals surface area (Å²) in [5.41, 5.74) is 1.34. The van der Waals surface area contributed by atoms with E-state index in [-0.39, 0.29) is 18.1 Å². The van der Waals surface area contributed by atoms with Gasteiger partial charge in [-0.05, 0) is 39.0 Å². The predicted molar refractivity (Wildman–Crippen MR) is 106 cm³/mol. The number of benzene rings is 1. The second kappa shape index (κ2) is 7.50. The Balaban J connectivity index is 1.50. The Morgan fingerprint density at radius 2 is 2.07 bits per heavy atom. The number of amides is 1. The predicted octanol–water partition coefficient (Wildman–Crippen LogP) is 3.31. The van der Waals surface area contributed by atoms with Crippen molar-refractivity contribution in [2.75, 3.05) is 19.7 Å². The van der Waals surface area contributed by atoms with E-state index in [4.69, 9.17) is 9.47 Å². The van der Waals surface area contributed by atoms with Crippen LogP contribution in [0.25, 0.3) is 11.0 Å². The van der Waals surface area contributed by atoms with Gasteiger partial charge >= 0.3 is 0 Å². The molecule has 0 N–H and O–H groups in total. The third-order valence-corrected chi connectivity index (χ3v) is 4.83. The molecule has 3 heterocycles. The van der Waals surface area contributed by atoms with Gasteiger partial charge in [0.2, 0.25) is 0 Å². The van der Waals surface area contributed by atoms with Crippen LogP contribution in [-0.2, 0) is 0 Å². The van der Waals surface area contributed by atoms with Gasteiger partial charge in [0.15, 0.2) is 23.3 Å². The van der Waals surface area contributed by atoms with Crippen LogP contribution in [0, 0.1) is 0 Å². The van der Waals surface area contributed by atoms with Crippen LogP contribution in [0.2, 0.25) is 0 Å². The van der Waals surface area contributed by atoms with Crippen molar-refractivity contribution in [3.05, 3.63) is 48.3 Å². The van der Waals surface area contributed by atoms with E-state index < -0.39 is 0 Å². The smallest absolute Gasteiger partial charge is 0.255 e. The molecule has 3 aromatic rings. The van der Waals surface area contributed by atoms with Crippen LogP contribution in [0.4, 0.5) is 0 Å². The molecule has 1 atom stereocenters. The first-order chi connectivity index (χ1) is 13.6. The van der Waals surface area contributed by atoms with Gasteiger partial charge in [-0.25, -0.2) is 9.67 Å². The van der Waals surface area contributed by atoms with Gasteiger partial charge in [-0.15, -0.1) is 0 Å². The molecule has 28 heavy (non-hydrogen) atoms. The number of rotatable bonds is 5. The number of hydrogen-bond donors (Lipinski definition) is 0. The fourth-order valence-corrected chi connectivity index (χ4v) is 3.37. The molecule has 4 rings (SSSR count). The SMILES string of the molecule is CCN(CC1COc2ccccc2O1)C(=O)c1cnc2c(cnn2C(C)C)c1. The number of para-hydroxylation sites is 2. The van der Waals surface area contributed by atoms with Crippen molar-refractivity contribution in [3.63, 3.8) is 0 Å². The monoisotopic (exact) mass is 380 g/mol. The van der Waals surface area contributed by atoms with Crippen LogP contribution in [0.15, 0.2) is 42.7 Å². The molecule has 0 saturated carbocycles. The topological polar surface area (TPSA) is 69.5 Å². The van der Waals surface area contributed by atoms with Crippen LogP contribution < -0.4 is 9.47 Å². The van der Waals surface area contributed by atoms with Crippen LogP contribution in [0.5, 0.6) is 11.5 Å². The molecule has 7 heteroatoms. The lowest BCUT2D eigenvalue weighted by molar-refractivity contribution is 0.0475. The molecule has 1 unspecified atom stereocenters. The van der Waals surface area contributed by atoms with Gasteiger partial charge in [0.05, 0.1) is 18.3 Å². The lowest BCUT2D eigenvalue weighted by Crippen LogP contribution is -2.43. The molecule has 1 amide bonds. The molecule has 0 saturated heterocycles. The van der Waals surface area contributed by atoms with E-state index in [9.17, 15) is 4.79 Å². The first-order valence-corrected chi connectivity index (χ1v) is 9.57. The van der Waals surface area contributed by atoms with Crippen molar-refractivity contribution >= 4 is 16.9 Å². The Morgan fingerprint density at radius 1 is 1.29 bits per heavy atom. The van der Waals surface area contributed by atoms with Crippen LogP contribution in [0.1, 0.15) is 37.2 Å². The zero-order chi connectivity index (χ0) is 19.7. The minimum Gasteiger partial charge on any atom is -0.486 e. The molecule has 1 aliphatic rings. The number of aromatic nitrogens is 3. The number of carbonyl (C=O) groups excluding carboxylic acids is 1. The van der Waals surface area contributed by atoms with Gasteiger partial charge in [-0.3, -0.25) is 4.79 Å². The molecule has 7 nitrogen and oxygen atoms in total. The second-order valence-corrected chi connectivity index (χ2v) is 7.16. The van der Waals surface area contributed by atoms with E-state index >= 15 is 0 Å². The first kappa shape index (κ1) is 18.3. The highest BCUT2D eigenvalue weighted by molar-refractivity contribution is 5.96. The highest BCUT2D eigenvalue weighted by Crippen LogP contribution is 2.31. The largest absolute Gasteiger partial charge is 0.486 e. The molecule has 0 spiro atoms. The van der Waals surface area contributed by atoms with Crippen molar-refractivity contribution in [1.82, 2.24) is 19.7 Å².